The Bertz CT molecular complexity index is 455. The average Bonchev–Trinajstić information content (AvgIpc) is 2.71. The van der Waals surface area contributed by atoms with Crippen LogP contribution in [0.15, 0.2) is 24.3 Å². The van der Waals surface area contributed by atoms with Gasteiger partial charge in [0.2, 0.25) is 5.91 Å². The van der Waals surface area contributed by atoms with E-state index in [0.717, 1.165) is 6.42 Å². The van der Waals surface area contributed by atoms with Crippen LogP contribution in [-0.4, -0.2) is 29.7 Å². The molecule has 1 aromatic carbocycles. The number of carbonyl (C=O) groups excluding carboxylic acids is 2. The van der Waals surface area contributed by atoms with Crippen molar-refractivity contribution in [2.45, 2.75) is 19.8 Å². The summed E-state index contributed by atoms with van der Waals surface area (Å²) >= 11 is 0. The van der Waals surface area contributed by atoms with Crippen molar-refractivity contribution in [3.8, 4) is 0 Å². The van der Waals surface area contributed by atoms with Crippen molar-refractivity contribution in [2.75, 3.05) is 13.1 Å². The summed E-state index contributed by atoms with van der Waals surface area (Å²) in [5.74, 6) is -0.106. The molecule has 4 heteroatoms. The fourth-order valence-corrected chi connectivity index (χ4v) is 2.18. The fourth-order valence-electron chi connectivity index (χ4n) is 2.18. The van der Waals surface area contributed by atoms with Crippen LogP contribution in [0.25, 0.3) is 0 Å². The first-order valence-corrected chi connectivity index (χ1v) is 6.16. The molecule has 1 fully saturated rings. The largest absolute Gasteiger partial charge is 0.335 e. The predicted octanol–water partition coefficient (Wildman–Crippen LogP) is 2.27. The van der Waals surface area contributed by atoms with Crippen LogP contribution < -0.4 is 0 Å². The van der Waals surface area contributed by atoms with Gasteiger partial charge in [-0.15, -0.1) is 0 Å². The van der Waals surface area contributed by atoms with E-state index in [4.69, 9.17) is 0 Å². The Balaban J connectivity index is 1.99. The Morgan fingerprint density at radius 1 is 1.39 bits per heavy atom. The molecule has 0 saturated carbocycles. The van der Waals surface area contributed by atoms with Gasteiger partial charge in [-0.2, -0.15) is 0 Å². The second kappa shape index (κ2) is 5.29. The minimum atomic E-state index is -0.366. The van der Waals surface area contributed by atoms with Gasteiger partial charge in [0.1, 0.15) is 5.82 Å². The maximum atomic E-state index is 12.7. The van der Waals surface area contributed by atoms with Crippen molar-refractivity contribution in [2.24, 2.45) is 5.92 Å². The smallest absolute Gasteiger partial charge is 0.223 e. The number of carbonyl (C=O) groups is 2. The highest BCUT2D eigenvalue weighted by Crippen LogP contribution is 2.20. The van der Waals surface area contributed by atoms with Gasteiger partial charge in [0, 0.05) is 18.5 Å². The normalized spacial score (nSPS) is 19.3. The van der Waals surface area contributed by atoms with Crippen molar-refractivity contribution in [3.05, 3.63) is 35.6 Å². The maximum absolute atomic E-state index is 12.7. The number of amides is 1. The summed E-state index contributed by atoms with van der Waals surface area (Å²) in [6, 6.07) is 5.42. The molecule has 1 aliphatic heterocycles. The Labute approximate surface area is 106 Å². The summed E-state index contributed by atoms with van der Waals surface area (Å²) in [5, 5.41) is 0. The molecule has 0 radical (unpaired) electrons. The molecule has 18 heavy (non-hydrogen) atoms. The lowest BCUT2D eigenvalue weighted by Gasteiger charge is -2.15. The fraction of sp³-hybridized carbons (Fsp3) is 0.429. The Morgan fingerprint density at radius 3 is 2.61 bits per heavy atom. The number of likely N-dealkylation sites (tertiary alicyclic amines) is 1. The third-order valence-corrected chi connectivity index (χ3v) is 3.37. The topological polar surface area (TPSA) is 37.4 Å². The maximum Gasteiger partial charge on any atom is 0.223 e. The summed E-state index contributed by atoms with van der Waals surface area (Å²) in [6.07, 6.45) is 1.49. The molecule has 1 amide bonds. The Hall–Kier alpha value is -1.71. The number of benzene rings is 1. The lowest BCUT2D eigenvalue weighted by Crippen LogP contribution is -2.31. The van der Waals surface area contributed by atoms with E-state index in [1.54, 1.807) is 4.90 Å². The molecule has 96 valence electrons. The second-order valence-corrected chi connectivity index (χ2v) is 4.68. The first-order valence-electron chi connectivity index (χ1n) is 6.16. The van der Waals surface area contributed by atoms with Gasteiger partial charge in [-0.05, 0) is 30.2 Å². The number of Topliss-reactive ketones (excluding diaryl/α,β-unsaturated/α-hetero) is 1. The minimum Gasteiger partial charge on any atom is -0.335 e. The van der Waals surface area contributed by atoms with Crippen LogP contribution in [0.4, 0.5) is 4.39 Å². The summed E-state index contributed by atoms with van der Waals surface area (Å²) in [6.45, 7) is 2.80. The summed E-state index contributed by atoms with van der Waals surface area (Å²) in [4.78, 5) is 25.2. The minimum absolute atomic E-state index is 0.0392. The van der Waals surface area contributed by atoms with Crippen molar-refractivity contribution in [1.29, 1.82) is 0 Å². The van der Waals surface area contributed by atoms with E-state index in [1.165, 1.54) is 24.3 Å². The average molecular weight is 249 g/mol. The molecule has 1 saturated heterocycles. The highest BCUT2D eigenvalue weighted by Gasteiger charge is 2.29. The van der Waals surface area contributed by atoms with Gasteiger partial charge in [-0.25, -0.2) is 4.39 Å². The molecule has 1 aromatic rings. The van der Waals surface area contributed by atoms with Crippen LogP contribution in [-0.2, 0) is 4.79 Å². The van der Waals surface area contributed by atoms with Crippen LogP contribution in [0, 0.1) is 11.7 Å². The molecule has 1 aliphatic rings. The number of hydrogen-bond donors (Lipinski definition) is 0. The lowest BCUT2D eigenvalue weighted by molar-refractivity contribution is -0.127. The van der Waals surface area contributed by atoms with Crippen molar-refractivity contribution in [1.82, 2.24) is 4.90 Å². The molecule has 0 aliphatic carbocycles. The standard InChI is InChI=1S/C14H16FNO2/c1-2-10-7-14(18)16(8-10)9-13(17)11-3-5-12(15)6-4-11/h3-6,10H,2,7-9H2,1H3. The Kier molecular flexibility index (Phi) is 3.75. The molecule has 0 bridgehead atoms. The highest BCUT2D eigenvalue weighted by atomic mass is 19.1. The van der Waals surface area contributed by atoms with Gasteiger partial charge < -0.3 is 4.90 Å². The number of rotatable bonds is 4. The summed E-state index contributed by atoms with van der Waals surface area (Å²) < 4.78 is 12.7. The van der Waals surface area contributed by atoms with E-state index in [-0.39, 0.29) is 24.1 Å². The molecule has 1 heterocycles. The number of hydrogen-bond acceptors (Lipinski definition) is 2. The van der Waals surface area contributed by atoms with Crippen molar-refractivity contribution >= 4 is 11.7 Å². The highest BCUT2D eigenvalue weighted by molar-refractivity contribution is 5.99. The summed E-state index contributed by atoms with van der Waals surface area (Å²) in [5.41, 5.74) is 0.448. The van der Waals surface area contributed by atoms with Gasteiger partial charge in [-0.1, -0.05) is 13.3 Å². The molecule has 1 atom stereocenters. The monoisotopic (exact) mass is 249 g/mol. The molecular weight excluding hydrogens is 233 g/mol. The van der Waals surface area contributed by atoms with E-state index in [9.17, 15) is 14.0 Å². The molecule has 2 rings (SSSR count). The zero-order chi connectivity index (χ0) is 13.1. The molecular formula is C14H16FNO2. The van der Waals surface area contributed by atoms with Crippen LogP contribution in [0.3, 0.4) is 0 Å². The third-order valence-electron chi connectivity index (χ3n) is 3.37. The van der Waals surface area contributed by atoms with Crippen LogP contribution in [0.2, 0.25) is 0 Å². The first-order chi connectivity index (χ1) is 8.60. The second-order valence-electron chi connectivity index (χ2n) is 4.68. The van der Waals surface area contributed by atoms with Gasteiger partial charge in [-0.3, -0.25) is 9.59 Å². The predicted molar refractivity (Wildman–Crippen MR) is 65.7 cm³/mol. The van der Waals surface area contributed by atoms with E-state index >= 15 is 0 Å². The first kappa shape index (κ1) is 12.7. The molecule has 0 aromatic heterocycles. The quantitative estimate of drug-likeness (QED) is 0.768. The SMILES string of the molecule is CCC1CC(=O)N(CC(=O)c2ccc(F)cc2)C1. The van der Waals surface area contributed by atoms with Gasteiger partial charge >= 0.3 is 0 Å². The Morgan fingerprint density at radius 2 is 2.06 bits per heavy atom. The molecule has 0 spiro atoms. The zero-order valence-corrected chi connectivity index (χ0v) is 10.4. The van der Waals surface area contributed by atoms with Gasteiger partial charge in [0.15, 0.2) is 5.78 Å². The molecule has 0 N–H and O–H groups in total. The molecule has 3 nitrogen and oxygen atoms in total. The molecule has 1 unspecified atom stereocenters. The lowest BCUT2D eigenvalue weighted by atomic mass is 10.1. The van der Waals surface area contributed by atoms with Gasteiger partial charge in [0.25, 0.3) is 0 Å². The van der Waals surface area contributed by atoms with Crippen LogP contribution >= 0.6 is 0 Å². The number of nitrogens with zero attached hydrogens (tertiary/aromatic N) is 1. The van der Waals surface area contributed by atoms with E-state index in [2.05, 4.69) is 0 Å². The number of halogens is 1. The van der Waals surface area contributed by atoms with Gasteiger partial charge in [0.05, 0.1) is 6.54 Å². The zero-order valence-electron chi connectivity index (χ0n) is 10.4. The summed E-state index contributed by atoms with van der Waals surface area (Å²) in [7, 11) is 0. The van der Waals surface area contributed by atoms with E-state index < -0.39 is 0 Å². The van der Waals surface area contributed by atoms with Crippen molar-refractivity contribution < 1.29 is 14.0 Å². The third kappa shape index (κ3) is 2.75. The van der Waals surface area contributed by atoms with Crippen LogP contribution in [0.1, 0.15) is 30.1 Å². The number of ketones is 1. The van der Waals surface area contributed by atoms with E-state index in [1.807, 2.05) is 6.92 Å². The van der Waals surface area contributed by atoms with E-state index in [0.29, 0.717) is 24.4 Å². The van der Waals surface area contributed by atoms with Crippen molar-refractivity contribution in [3.63, 3.8) is 0 Å². The van der Waals surface area contributed by atoms with Crippen LogP contribution in [0.5, 0.6) is 0 Å².